The number of hydrogen-bond acceptors (Lipinski definition) is 4. The summed E-state index contributed by atoms with van der Waals surface area (Å²) in [5.41, 5.74) is 0.502. The van der Waals surface area contributed by atoms with Crippen LogP contribution in [0, 0.1) is 0 Å². The number of anilines is 1. The van der Waals surface area contributed by atoms with Crippen molar-refractivity contribution in [3.05, 3.63) is 24.3 Å². The molecule has 0 aromatic heterocycles. The molecule has 0 atom stereocenters. The Kier molecular flexibility index (Phi) is 6.48. The van der Waals surface area contributed by atoms with Crippen molar-refractivity contribution < 1.29 is 17.9 Å². The van der Waals surface area contributed by atoms with Crippen LogP contribution < -0.4 is 14.4 Å². The lowest BCUT2D eigenvalue weighted by molar-refractivity contribution is -0.121. The van der Waals surface area contributed by atoms with Gasteiger partial charge in [0.15, 0.2) is 0 Å². The van der Waals surface area contributed by atoms with E-state index in [1.807, 2.05) is 0 Å². The highest BCUT2D eigenvalue weighted by molar-refractivity contribution is 7.92. The highest BCUT2D eigenvalue weighted by Crippen LogP contribution is 2.23. The van der Waals surface area contributed by atoms with Crippen molar-refractivity contribution in [1.29, 1.82) is 0 Å². The summed E-state index contributed by atoms with van der Waals surface area (Å²) in [6.07, 6.45) is 6.82. The molecule has 1 aliphatic rings. The Morgan fingerprint density at radius 3 is 2.62 bits per heavy atom. The van der Waals surface area contributed by atoms with Crippen LogP contribution in [0.4, 0.5) is 5.69 Å². The molecule has 0 bridgehead atoms. The number of amides is 1. The third-order valence-corrected chi connectivity index (χ3v) is 5.45. The second kappa shape index (κ2) is 8.37. The van der Waals surface area contributed by atoms with Gasteiger partial charge in [0.05, 0.1) is 19.1 Å². The van der Waals surface area contributed by atoms with E-state index < -0.39 is 10.0 Å². The minimum atomic E-state index is -3.47. The maximum atomic E-state index is 12.1. The molecular formula is C17H26N2O4S. The van der Waals surface area contributed by atoms with Gasteiger partial charge in [-0.15, -0.1) is 0 Å². The molecule has 0 unspecified atom stereocenters. The van der Waals surface area contributed by atoms with E-state index in [2.05, 4.69) is 5.32 Å². The molecule has 7 heteroatoms. The largest absolute Gasteiger partial charge is 0.497 e. The molecule has 1 aromatic rings. The lowest BCUT2D eigenvalue weighted by Crippen LogP contribution is -2.39. The summed E-state index contributed by atoms with van der Waals surface area (Å²) in [6, 6.07) is 7.06. The number of hydrogen-bond donors (Lipinski definition) is 1. The molecule has 1 N–H and O–H groups in total. The molecule has 134 valence electrons. The summed E-state index contributed by atoms with van der Waals surface area (Å²) in [5.74, 6) is 0.478. The molecule has 1 saturated carbocycles. The molecule has 0 aliphatic heterocycles. The van der Waals surface area contributed by atoms with Gasteiger partial charge in [0.2, 0.25) is 15.9 Å². The Morgan fingerprint density at radius 1 is 1.29 bits per heavy atom. The van der Waals surface area contributed by atoms with Crippen LogP contribution in [0.25, 0.3) is 0 Å². The van der Waals surface area contributed by atoms with E-state index in [9.17, 15) is 13.2 Å². The number of carbonyl (C=O) groups excluding carboxylic acids is 1. The smallest absolute Gasteiger partial charge is 0.232 e. The second-order valence-electron chi connectivity index (χ2n) is 6.19. The van der Waals surface area contributed by atoms with Crippen LogP contribution in [0.5, 0.6) is 5.75 Å². The molecule has 0 saturated heterocycles. The van der Waals surface area contributed by atoms with E-state index in [0.717, 1.165) is 31.9 Å². The molecule has 24 heavy (non-hydrogen) atoms. The maximum absolute atomic E-state index is 12.1. The fourth-order valence-electron chi connectivity index (χ4n) is 3.00. The van der Waals surface area contributed by atoms with Crippen LogP contribution in [-0.2, 0) is 14.8 Å². The Labute approximate surface area is 144 Å². The van der Waals surface area contributed by atoms with Gasteiger partial charge in [-0.2, -0.15) is 0 Å². The van der Waals surface area contributed by atoms with Crippen molar-refractivity contribution >= 4 is 21.6 Å². The number of sulfonamides is 1. The standard InChI is InChI=1S/C17H26N2O4S/c1-23-16-10-6-9-15(13-16)19(24(2,21)22)12-11-17(20)18-14-7-4-3-5-8-14/h6,9-10,13-14H,3-5,7-8,11-12H2,1-2H3,(H,18,20). The zero-order valence-electron chi connectivity index (χ0n) is 14.3. The van der Waals surface area contributed by atoms with Gasteiger partial charge in [0, 0.05) is 25.1 Å². The highest BCUT2D eigenvalue weighted by Gasteiger charge is 2.21. The first-order chi connectivity index (χ1) is 11.4. The zero-order valence-corrected chi connectivity index (χ0v) is 15.1. The lowest BCUT2D eigenvalue weighted by atomic mass is 9.95. The minimum Gasteiger partial charge on any atom is -0.497 e. The van der Waals surface area contributed by atoms with Gasteiger partial charge in [0.25, 0.3) is 0 Å². The van der Waals surface area contributed by atoms with E-state index in [-0.39, 0.29) is 24.9 Å². The summed E-state index contributed by atoms with van der Waals surface area (Å²) in [4.78, 5) is 12.1. The number of nitrogens with zero attached hydrogens (tertiary/aromatic N) is 1. The molecule has 0 heterocycles. The average molecular weight is 354 g/mol. The quantitative estimate of drug-likeness (QED) is 0.815. The number of nitrogens with one attached hydrogen (secondary N) is 1. The molecule has 0 radical (unpaired) electrons. The molecule has 6 nitrogen and oxygen atoms in total. The third kappa shape index (κ3) is 5.40. The van der Waals surface area contributed by atoms with Crippen molar-refractivity contribution in [3.63, 3.8) is 0 Å². The van der Waals surface area contributed by atoms with Crippen LogP contribution in [0.1, 0.15) is 38.5 Å². The van der Waals surface area contributed by atoms with E-state index in [4.69, 9.17) is 4.74 Å². The second-order valence-corrected chi connectivity index (χ2v) is 8.10. The minimum absolute atomic E-state index is 0.0987. The summed E-state index contributed by atoms with van der Waals surface area (Å²) < 4.78 is 30.6. The van der Waals surface area contributed by atoms with E-state index in [1.165, 1.54) is 17.8 Å². The topological polar surface area (TPSA) is 75.7 Å². The van der Waals surface area contributed by atoms with Crippen LogP contribution in [0.15, 0.2) is 24.3 Å². The zero-order chi connectivity index (χ0) is 17.6. The van der Waals surface area contributed by atoms with Crippen LogP contribution in [0.3, 0.4) is 0 Å². The number of ether oxygens (including phenoxy) is 1. The fraction of sp³-hybridized carbons (Fsp3) is 0.588. The van der Waals surface area contributed by atoms with Gasteiger partial charge in [0.1, 0.15) is 5.75 Å². The van der Waals surface area contributed by atoms with Crippen molar-refractivity contribution in [2.75, 3.05) is 24.2 Å². The van der Waals surface area contributed by atoms with Gasteiger partial charge < -0.3 is 10.1 Å². The highest BCUT2D eigenvalue weighted by atomic mass is 32.2. The predicted molar refractivity (Wildman–Crippen MR) is 94.8 cm³/mol. The summed E-state index contributed by atoms with van der Waals surface area (Å²) >= 11 is 0. The number of methoxy groups -OCH3 is 1. The molecule has 0 spiro atoms. The van der Waals surface area contributed by atoms with Gasteiger partial charge in [-0.1, -0.05) is 25.3 Å². The fourth-order valence-corrected chi connectivity index (χ4v) is 3.92. The number of rotatable bonds is 7. The molecule has 1 aliphatic carbocycles. The predicted octanol–water partition coefficient (Wildman–Crippen LogP) is 2.30. The van der Waals surface area contributed by atoms with Crippen LogP contribution in [-0.4, -0.2) is 40.3 Å². The van der Waals surface area contributed by atoms with Gasteiger partial charge in [-0.25, -0.2) is 8.42 Å². The first-order valence-corrected chi connectivity index (χ1v) is 10.2. The van der Waals surface area contributed by atoms with Gasteiger partial charge >= 0.3 is 0 Å². The van der Waals surface area contributed by atoms with Gasteiger partial charge in [-0.3, -0.25) is 9.10 Å². The molecule has 1 aromatic carbocycles. The normalized spacial score (nSPS) is 15.8. The van der Waals surface area contributed by atoms with Crippen LogP contribution >= 0.6 is 0 Å². The average Bonchev–Trinajstić information content (AvgIpc) is 2.55. The Balaban J connectivity index is 2.00. The van der Waals surface area contributed by atoms with Crippen molar-refractivity contribution in [2.24, 2.45) is 0 Å². The Bertz CT molecular complexity index is 654. The van der Waals surface area contributed by atoms with E-state index >= 15 is 0 Å². The van der Waals surface area contributed by atoms with E-state index in [0.29, 0.717) is 11.4 Å². The van der Waals surface area contributed by atoms with Crippen molar-refractivity contribution in [1.82, 2.24) is 5.32 Å². The van der Waals surface area contributed by atoms with Crippen LogP contribution in [0.2, 0.25) is 0 Å². The lowest BCUT2D eigenvalue weighted by Gasteiger charge is -2.25. The van der Waals surface area contributed by atoms with Crippen molar-refractivity contribution in [3.8, 4) is 5.75 Å². The molecule has 1 fully saturated rings. The van der Waals surface area contributed by atoms with Gasteiger partial charge in [-0.05, 0) is 25.0 Å². The molecule has 2 rings (SSSR count). The van der Waals surface area contributed by atoms with E-state index in [1.54, 1.807) is 24.3 Å². The monoisotopic (exact) mass is 354 g/mol. The summed E-state index contributed by atoms with van der Waals surface area (Å²) in [5, 5.41) is 3.01. The molecule has 1 amide bonds. The Morgan fingerprint density at radius 2 is 2.00 bits per heavy atom. The first kappa shape index (κ1) is 18.6. The first-order valence-electron chi connectivity index (χ1n) is 8.31. The van der Waals surface area contributed by atoms with Crippen molar-refractivity contribution in [2.45, 2.75) is 44.6 Å². The summed E-state index contributed by atoms with van der Waals surface area (Å²) in [7, 11) is -1.94. The number of benzene rings is 1. The molecular weight excluding hydrogens is 328 g/mol. The summed E-state index contributed by atoms with van der Waals surface area (Å²) in [6.45, 7) is 0.116. The maximum Gasteiger partial charge on any atom is 0.232 e. The Hall–Kier alpha value is -1.76. The number of carbonyl (C=O) groups is 1. The SMILES string of the molecule is COc1cccc(N(CCC(=O)NC2CCCCC2)S(C)(=O)=O)c1. The third-order valence-electron chi connectivity index (χ3n) is 4.25.